The Labute approximate surface area is 148 Å². The summed E-state index contributed by atoms with van der Waals surface area (Å²) in [5.41, 5.74) is 3.60. The highest BCUT2D eigenvalue weighted by molar-refractivity contribution is 6.35. The maximum absolute atomic E-state index is 12.2. The van der Waals surface area contributed by atoms with E-state index in [1.54, 1.807) is 6.07 Å². The zero-order valence-electron chi connectivity index (χ0n) is 14.3. The number of hydrogen-bond acceptors (Lipinski definition) is 3. The Morgan fingerprint density at radius 2 is 1.91 bits per heavy atom. The summed E-state index contributed by atoms with van der Waals surface area (Å²) in [5.74, 6) is 0.0623. The van der Waals surface area contributed by atoms with Crippen LogP contribution in [-0.4, -0.2) is 11.3 Å². The van der Waals surface area contributed by atoms with Crippen LogP contribution in [0.15, 0.2) is 23.5 Å². The van der Waals surface area contributed by atoms with Crippen molar-refractivity contribution in [3.63, 3.8) is 0 Å². The molecule has 0 fully saturated rings. The molecule has 0 radical (unpaired) electrons. The molecule has 1 unspecified atom stereocenters. The van der Waals surface area contributed by atoms with Gasteiger partial charge in [-0.1, -0.05) is 30.1 Å². The zero-order valence-corrected chi connectivity index (χ0v) is 15.8. The molecular weight excluding hydrogens is 331 g/mol. The van der Waals surface area contributed by atoms with Crippen molar-refractivity contribution in [1.82, 2.24) is 10.6 Å². The molecule has 0 heterocycles. The predicted octanol–water partition coefficient (Wildman–Crippen LogP) is 4.60. The molecule has 1 atom stereocenters. The number of hydrogen-bond donors (Lipinski definition) is 2. The molecule has 0 amide bonds. The van der Waals surface area contributed by atoms with Gasteiger partial charge < -0.3 is 10.6 Å². The van der Waals surface area contributed by atoms with E-state index in [-0.39, 0.29) is 17.2 Å². The summed E-state index contributed by atoms with van der Waals surface area (Å²) in [5, 5.41) is 7.98. The van der Waals surface area contributed by atoms with Gasteiger partial charge >= 0.3 is 0 Å². The van der Waals surface area contributed by atoms with Crippen LogP contribution in [0.3, 0.4) is 0 Å². The number of rotatable bonds is 6. The van der Waals surface area contributed by atoms with Crippen molar-refractivity contribution in [1.29, 1.82) is 0 Å². The third-order valence-electron chi connectivity index (χ3n) is 4.52. The van der Waals surface area contributed by atoms with Crippen molar-refractivity contribution in [2.45, 2.75) is 53.1 Å². The van der Waals surface area contributed by atoms with Crippen LogP contribution in [0.4, 0.5) is 0 Å². The molecular formula is C18H24Cl2N2O. The van der Waals surface area contributed by atoms with Gasteiger partial charge in [0, 0.05) is 27.8 Å². The molecule has 0 bridgehead atoms. The minimum atomic E-state index is -0.0786. The fourth-order valence-electron chi connectivity index (χ4n) is 2.56. The number of nitrogens with one attached hydrogen (secondary N) is 2. The van der Waals surface area contributed by atoms with E-state index in [0.29, 0.717) is 22.3 Å². The number of carbonyl (C=O) groups excluding carboxylic acids is 1. The lowest BCUT2D eigenvalue weighted by atomic mass is 9.84. The molecule has 5 heteroatoms. The number of ketones is 1. The van der Waals surface area contributed by atoms with Gasteiger partial charge in [0.1, 0.15) is 0 Å². The molecule has 0 saturated carbocycles. The summed E-state index contributed by atoms with van der Waals surface area (Å²) in [7, 11) is 0. The largest absolute Gasteiger partial charge is 0.381 e. The Balaban J connectivity index is 2.18. The van der Waals surface area contributed by atoms with Crippen molar-refractivity contribution in [2.24, 2.45) is 5.92 Å². The summed E-state index contributed by atoms with van der Waals surface area (Å²) >= 11 is 12.3. The van der Waals surface area contributed by atoms with Gasteiger partial charge in [0.25, 0.3) is 0 Å². The SMILES string of the molecule is CCC(C)(C)NC1=C(NCc2c(C)cc(Cl)cc2Cl)C(=O)C1C. The Bertz CT molecular complexity index is 642. The first-order valence-corrected chi connectivity index (χ1v) is 8.67. The number of halogens is 2. The van der Waals surface area contributed by atoms with Crippen LogP contribution in [0.5, 0.6) is 0 Å². The summed E-state index contributed by atoms with van der Waals surface area (Å²) < 4.78 is 0. The quantitative estimate of drug-likeness (QED) is 0.784. The Kier molecular flexibility index (Phi) is 5.32. The highest BCUT2D eigenvalue weighted by atomic mass is 35.5. The van der Waals surface area contributed by atoms with Crippen molar-refractivity contribution in [3.05, 3.63) is 44.7 Å². The molecule has 1 aliphatic rings. The van der Waals surface area contributed by atoms with Crippen LogP contribution < -0.4 is 10.6 Å². The van der Waals surface area contributed by atoms with Crippen LogP contribution in [0, 0.1) is 12.8 Å². The lowest BCUT2D eigenvalue weighted by Crippen LogP contribution is -2.49. The standard InChI is InChI=1S/C18H24Cl2N2O/c1-6-18(4,5)22-15-11(3)17(23)16(15)21-9-13-10(2)7-12(19)8-14(13)20/h7-8,11,21-22H,6,9H2,1-5H3. The van der Waals surface area contributed by atoms with E-state index >= 15 is 0 Å². The van der Waals surface area contributed by atoms with Gasteiger partial charge in [-0.15, -0.1) is 0 Å². The third kappa shape index (κ3) is 3.84. The molecule has 0 spiro atoms. The fourth-order valence-corrected chi connectivity index (χ4v) is 3.22. The summed E-state index contributed by atoms with van der Waals surface area (Å²) in [4.78, 5) is 12.2. The van der Waals surface area contributed by atoms with E-state index in [4.69, 9.17) is 23.2 Å². The third-order valence-corrected chi connectivity index (χ3v) is 5.08. The average Bonchev–Trinajstić information content (AvgIpc) is 2.47. The average molecular weight is 355 g/mol. The minimum Gasteiger partial charge on any atom is -0.381 e. The first-order valence-electron chi connectivity index (χ1n) is 7.91. The van der Waals surface area contributed by atoms with E-state index in [1.165, 1.54) is 0 Å². The van der Waals surface area contributed by atoms with Crippen molar-refractivity contribution >= 4 is 29.0 Å². The summed E-state index contributed by atoms with van der Waals surface area (Å²) in [6, 6.07) is 3.61. The molecule has 0 saturated heterocycles. The second kappa shape index (κ2) is 6.74. The van der Waals surface area contributed by atoms with Crippen molar-refractivity contribution in [3.8, 4) is 0 Å². The molecule has 1 aliphatic carbocycles. The topological polar surface area (TPSA) is 41.1 Å². The Hall–Kier alpha value is -1.19. The second-order valence-electron chi connectivity index (χ2n) is 6.77. The molecule has 2 N–H and O–H groups in total. The van der Waals surface area contributed by atoms with E-state index < -0.39 is 0 Å². The van der Waals surface area contributed by atoms with Crippen LogP contribution in [0.25, 0.3) is 0 Å². The molecule has 3 nitrogen and oxygen atoms in total. The van der Waals surface area contributed by atoms with Gasteiger partial charge in [0.05, 0.1) is 11.6 Å². The van der Waals surface area contributed by atoms with E-state index in [1.807, 2.05) is 19.9 Å². The van der Waals surface area contributed by atoms with Gasteiger partial charge in [-0.05, 0) is 57.4 Å². The maximum Gasteiger partial charge on any atom is 0.189 e. The number of aryl methyl sites for hydroxylation is 1. The summed E-state index contributed by atoms with van der Waals surface area (Å²) in [6.45, 7) is 10.8. The van der Waals surface area contributed by atoms with Gasteiger partial charge in [0.2, 0.25) is 0 Å². The van der Waals surface area contributed by atoms with Crippen LogP contribution in [-0.2, 0) is 11.3 Å². The van der Waals surface area contributed by atoms with Gasteiger partial charge in [-0.3, -0.25) is 4.79 Å². The first-order chi connectivity index (χ1) is 10.7. The lowest BCUT2D eigenvalue weighted by molar-refractivity contribution is -0.120. The number of allylic oxidation sites excluding steroid dienone is 2. The fraction of sp³-hybridized carbons (Fsp3) is 0.500. The number of benzene rings is 1. The van der Waals surface area contributed by atoms with E-state index in [9.17, 15) is 4.79 Å². The minimum absolute atomic E-state index is 0.0366. The maximum atomic E-state index is 12.2. The number of carbonyl (C=O) groups is 1. The van der Waals surface area contributed by atoms with Gasteiger partial charge in [0.15, 0.2) is 5.78 Å². The zero-order chi connectivity index (χ0) is 17.4. The van der Waals surface area contributed by atoms with Crippen LogP contribution in [0.1, 0.15) is 45.2 Å². The molecule has 23 heavy (non-hydrogen) atoms. The van der Waals surface area contributed by atoms with Gasteiger partial charge in [-0.25, -0.2) is 0 Å². The lowest BCUT2D eigenvalue weighted by Gasteiger charge is -2.37. The molecule has 0 aliphatic heterocycles. The second-order valence-corrected chi connectivity index (χ2v) is 7.62. The van der Waals surface area contributed by atoms with Crippen LogP contribution in [0.2, 0.25) is 10.0 Å². The Morgan fingerprint density at radius 1 is 1.26 bits per heavy atom. The molecule has 1 aromatic carbocycles. The highest BCUT2D eigenvalue weighted by Gasteiger charge is 2.38. The van der Waals surface area contributed by atoms with Crippen molar-refractivity contribution in [2.75, 3.05) is 0 Å². The molecule has 2 rings (SSSR count). The smallest absolute Gasteiger partial charge is 0.189 e. The van der Waals surface area contributed by atoms with Gasteiger partial charge in [-0.2, -0.15) is 0 Å². The van der Waals surface area contributed by atoms with Crippen molar-refractivity contribution < 1.29 is 4.79 Å². The number of Topliss-reactive ketones (excluding diaryl/α,β-unsaturated/α-hetero) is 1. The van der Waals surface area contributed by atoms with E-state index in [0.717, 1.165) is 23.2 Å². The first kappa shape index (κ1) is 18.2. The Morgan fingerprint density at radius 3 is 2.48 bits per heavy atom. The molecule has 1 aromatic rings. The normalized spacial score (nSPS) is 18.0. The molecule has 0 aromatic heterocycles. The predicted molar refractivity (Wildman–Crippen MR) is 96.7 cm³/mol. The monoisotopic (exact) mass is 354 g/mol. The summed E-state index contributed by atoms with van der Waals surface area (Å²) in [6.07, 6.45) is 0.979. The highest BCUT2D eigenvalue weighted by Crippen LogP contribution is 2.31. The molecule has 126 valence electrons. The van der Waals surface area contributed by atoms with E-state index in [2.05, 4.69) is 31.4 Å². The van der Waals surface area contributed by atoms with Crippen LogP contribution >= 0.6 is 23.2 Å².